The molecule has 6 nitrogen and oxygen atoms in total. The van der Waals surface area contributed by atoms with E-state index in [1.54, 1.807) is 6.20 Å². The molecule has 0 atom stereocenters. The number of hydrogen-bond acceptors (Lipinski definition) is 4. The third-order valence-electron chi connectivity index (χ3n) is 6.69. The van der Waals surface area contributed by atoms with Gasteiger partial charge in [-0.25, -0.2) is 9.50 Å². The SMILES string of the molecule is CCCCOc1ccc(-c2cnc3c(NC(=O)C4CC4)cnn3c2C2CCCCC2)cc1. The highest BCUT2D eigenvalue weighted by molar-refractivity contribution is 5.97. The molecule has 6 heteroatoms. The molecule has 2 saturated carbocycles. The number of hydrogen-bond donors (Lipinski definition) is 1. The third-order valence-corrected chi connectivity index (χ3v) is 6.69. The molecule has 2 aromatic heterocycles. The smallest absolute Gasteiger partial charge is 0.227 e. The number of rotatable bonds is 8. The van der Waals surface area contributed by atoms with Gasteiger partial charge in [0.05, 0.1) is 18.5 Å². The Labute approximate surface area is 189 Å². The van der Waals surface area contributed by atoms with Crippen molar-refractivity contribution in [2.45, 2.75) is 70.6 Å². The minimum atomic E-state index is 0.0867. The van der Waals surface area contributed by atoms with Crippen molar-refractivity contribution in [1.29, 1.82) is 0 Å². The number of ether oxygens (including phenoxy) is 1. The van der Waals surface area contributed by atoms with E-state index in [4.69, 9.17) is 14.8 Å². The molecule has 32 heavy (non-hydrogen) atoms. The predicted octanol–water partition coefficient (Wildman–Crippen LogP) is 5.97. The summed E-state index contributed by atoms with van der Waals surface area (Å²) in [6, 6.07) is 8.33. The normalized spacial score (nSPS) is 16.9. The van der Waals surface area contributed by atoms with Gasteiger partial charge in [0.15, 0.2) is 5.65 Å². The van der Waals surface area contributed by atoms with E-state index in [9.17, 15) is 4.79 Å². The van der Waals surface area contributed by atoms with E-state index in [0.29, 0.717) is 11.6 Å². The Bertz CT molecular complexity index is 1080. The molecule has 0 unspecified atom stereocenters. The number of unbranched alkanes of at least 4 members (excludes halogenated alkanes) is 1. The molecule has 1 aromatic carbocycles. The van der Waals surface area contributed by atoms with Gasteiger partial charge in [0.2, 0.25) is 5.91 Å². The van der Waals surface area contributed by atoms with Crippen LogP contribution in [0.4, 0.5) is 5.69 Å². The van der Waals surface area contributed by atoms with Crippen LogP contribution in [0, 0.1) is 5.92 Å². The van der Waals surface area contributed by atoms with Crippen LogP contribution in [-0.2, 0) is 4.79 Å². The number of carbonyl (C=O) groups excluding carboxylic acids is 1. The van der Waals surface area contributed by atoms with Crippen LogP contribution in [0.1, 0.15) is 76.3 Å². The van der Waals surface area contributed by atoms with Crippen LogP contribution in [0.15, 0.2) is 36.7 Å². The second-order valence-electron chi connectivity index (χ2n) is 9.18. The highest BCUT2D eigenvalue weighted by atomic mass is 16.5. The van der Waals surface area contributed by atoms with Gasteiger partial charge >= 0.3 is 0 Å². The number of amides is 1. The Hall–Kier alpha value is -2.89. The Morgan fingerprint density at radius 1 is 1.09 bits per heavy atom. The van der Waals surface area contributed by atoms with Gasteiger partial charge in [-0.3, -0.25) is 4.79 Å². The Kier molecular flexibility index (Phi) is 6.10. The van der Waals surface area contributed by atoms with Crippen LogP contribution in [0.2, 0.25) is 0 Å². The summed E-state index contributed by atoms with van der Waals surface area (Å²) in [5.41, 5.74) is 4.91. The van der Waals surface area contributed by atoms with Crippen LogP contribution in [0.3, 0.4) is 0 Å². The number of benzene rings is 1. The number of aromatic nitrogens is 3. The largest absolute Gasteiger partial charge is 0.494 e. The topological polar surface area (TPSA) is 68.5 Å². The van der Waals surface area contributed by atoms with E-state index >= 15 is 0 Å². The standard InChI is InChI=1S/C26H32N4O2/c1-2-3-15-32-21-13-11-18(12-14-21)22-16-27-25-23(29-26(31)20-9-10-20)17-28-30(25)24(22)19-7-5-4-6-8-19/h11-14,16-17,19-20H,2-10,15H2,1H3,(H,29,31). The Balaban J connectivity index is 1.50. The molecule has 0 radical (unpaired) electrons. The maximum absolute atomic E-state index is 12.3. The number of fused-ring (bicyclic) bond motifs is 1. The van der Waals surface area contributed by atoms with Crippen molar-refractivity contribution in [2.75, 3.05) is 11.9 Å². The third kappa shape index (κ3) is 4.36. The summed E-state index contributed by atoms with van der Waals surface area (Å²) >= 11 is 0. The Morgan fingerprint density at radius 2 is 1.88 bits per heavy atom. The summed E-state index contributed by atoms with van der Waals surface area (Å²) in [5.74, 6) is 1.58. The van der Waals surface area contributed by atoms with Crippen molar-refractivity contribution in [3.8, 4) is 16.9 Å². The number of anilines is 1. The second kappa shape index (κ2) is 9.31. The molecular weight excluding hydrogens is 400 g/mol. The molecule has 0 aliphatic heterocycles. The molecular formula is C26H32N4O2. The van der Waals surface area contributed by atoms with Gasteiger partial charge in [-0.15, -0.1) is 0 Å². The maximum atomic E-state index is 12.3. The van der Waals surface area contributed by atoms with E-state index in [0.717, 1.165) is 67.7 Å². The molecule has 5 rings (SSSR count). The van der Waals surface area contributed by atoms with E-state index in [-0.39, 0.29) is 11.8 Å². The summed E-state index contributed by atoms with van der Waals surface area (Å²) in [6.45, 7) is 2.92. The monoisotopic (exact) mass is 432 g/mol. The van der Waals surface area contributed by atoms with Gasteiger partial charge in [0.1, 0.15) is 11.4 Å². The zero-order chi connectivity index (χ0) is 21.9. The lowest BCUT2D eigenvalue weighted by Crippen LogP contribution is -2.15. The highest BCUT2D eigenvalue weighted by Crippen LogP contribution is 2.39. The summed E-state index contributed by atoms with van der Waals surface area (Å²) < 4.78 is 7.82. The quantitative estimate of drug-likeness (QED) is 0.445. The lowest BCUT2D eigenvalue weighted by Gasteiger charge is -2.25. The van der Waals surface area contributed by atoms with E-state index < -0.39 is 0 Å². The van der Waals surface area contributed by atoms with Crippen LogP contribution in [0.25, 0.3) is 16.8 Å². The van der Waals surface area contributed by atoms with Gasteiger partial charge in [-0.2, -0.15) is 5.10 Å². The highest BCUT2D eigenvalue weighted by Gasteiger charge is 2.31. The van der Waals surface area contributed by atoms with Crippen LogP contribution in [-0.4, -0.2) is 27.1 Å². The van der Waals surface area contributed by atoms with Crippen LogP contribution >= 0.6 is 0 Å². The van der Waals surface area contributed by atoms with Crippen LogP contribution in [0.5, 0.6) is 5.75 Å². The first-order valence-electron chi connectivity index (χ1n) is 12.2. The van der Waals surface area contributed by atoms with Gasteiger partial charge in [-0.05, 0) is 49.8 Å². The molecule has 2 aliphatic rings. The number of nitrogens with zero attached hydrogens (tertiary/aromatic N) is 3. The van der Waals surface area contributed by atoms with Gasteiger partial charge in [0.25, 0.3) is 0 Å². The van der Waals surface area contributed by atoms with E-state index in [1.807, 2.05) is 22.8 Å². The first-order chi connectivity index (χ1) is 15.7. The fourth-order valence-corrected chi connectivity index (χ4v) is 4.67. The zero-order valence-electron chi connectivity index (χ0n) is 18.8. The van der Waals surface area contributed by atoms with Crippen molar-refractivity contribution in [3.63, 3.8) is 0 Å². The summed E-state index contributed by atoms with van der Waals surface area (Å²) in [7, 11) is 0. The molecule has 1 amide bonds. The maximum Gasteiger partial charge on any atom is 0.227 e. The molecule has 3 aromatic rings. The summed E-state index contributed by atoms with van der Waals surface area (Å²) in [4.78, 5) is 17.1. The Morgan fingerprint density at radius 3 is 2.59 bits per heavy atom. The van der Waals surface area contributed by atoms with Crippen molar-refractivity contribution >= 4 is 17.2 Å². The van der Waals surface area contributed by atoms with Crippen molar-refractivity contribution in [1.82, 2.24) is 14.6 Å². The minimum Gasteiger partial charge on any atom is -0.494 e. The van der Waals surface area contributed by atoms with Crippen molar-refractivity contribution < 1.29 is 9.53 Å². The average molecular weight is 433 g/mol. The molecule has 2 heterocycles. The van der Waals surface area contributed by atoms with E-state index in [1.165, 1.54) is 25.0 Å². The molecule has 2 aliphatic carbocycles. The summed E-state index contributed by atoms with van der Waals surface area (Å²) in [5, 5.41) is 7.74. The molecule has 0 spiro atoms. The molecule has 0 saturated heterocycles. The molecule has 168 valence electrons. The van der Waals surface area contributed by atoms with Gasteiger partial charge in [-0.1, -0.05) is 44.7 Å². The van der Waals surface area contributed by atoms with Crippen molar-refractivity contribution in [3.05, 3.63) is 42.4 Å². The fourth-order valence-electron chi connectivity index (χ4n) is 4.67. The molecule has 2 fully saturated rings. The molecule has 0 bridgehead atoms. The van der Waals surface area contributed by atoms with Gasteiger partial charge < -0.3 is 10.1 Å². The average Bonchev–Trinajstić information content (AvgIpc) is 3.61. The van der Waals surface area contributed by atoms with Gasteiger partial charge in [0, 0.05) is 23.6 Å². The van der Waals surface area contributed by atoms with Crippen LogP contribution < -0.4 is 10.1 Å². The van der Waals surface area contributed by atoms with E-state index in [2.05, 4.69) is 24.4 Å². The predicted molar refractivity (Wildman–Crippen MR) is 126 cm³/mol. The fraction of sp³-hybridized carbons (Fsp3) is 0.500. The second-order valence-corrected chi connectivity index (χ2v) is 9.18. The zero-order valence-corrected chi connectivity index (χ0v) is 18.8. The lowest BCUT2D eigenvalue weighted by atomic mass is 9.84. The number of nitrogens with one attached hydrogen (secondary N) is 1. The first-order valence-corrected chi connectivity index (χ1v) is 12.2. The minimum absolute atomic E-state index is 0.0867. The lowest BCUT2D eigenvalue weighted by molar-refractivity contribution is -0.117. The van der Waals surface area contributed by atoms with Crippen molar-refractivity contribution in [2.24, 2.45) is 5.92 Å². The first kappa shape index (κ1) is 21.0. The summed E-state index contributed by atoms with van der Waals surface area (Å²) in [6.07, 6.45) is 14.0. The molecule has 1 N–H and O–H groups in total. The number of carbonyl (C=O) groups is 1.